The third-order valence-corrected chi connectivity index (χ3v) is 6.81. The first-order valence-electron chi connectivity index (χ1n) is 13.1. The number of carbonyl (C=O) groups excluding carboxylic acids is 1. The summed E-state index contributed by atoms with van der Waals surface area (Å²) in [6.07, 6.45) is 3.96. The van der Waals surface area contributed by atoms with Crippen molar-refractivity contribution >= 4 is 23.2 Å². The number of nitriles is 1. The van der Waals surface area contributed by atoms with Crippen LogP contribution in [0.15, 0.2) is 59.8 Å². The van der Waals surface area contributed by atoms with Gasteiger partial charge in [0.2, 0.25) is 0 Å². The normalized spacial score (nSPS) is 13.4. The average molecular weight is 608 g/mol. The monoisotopic (exact) mass is 607 g/mol. The lowest BCUT2D eigenvalue weighted by Gasteiger charge is -2.35. The van der Waals surface area contributed by atoms with Gasteiger partial charge in [-0.15, -0.1) is 0 Å². The Hall–Kier alpha value is -5.72. The van der Waals surface area contributed by atoms with Crippen molar-refractivity contribution in [3.05, 3.63) is 72.3 Å². The average Bonchev–Trinajstić information content (AvgIpc) is 3.76. The van der Waals surface area contributed by atoms with Crippen LogP contribution in [0.25, 0.3) is 27.8 Å². The van der Waals surface area contributed by atoms with Crippen molar-refractivity contribution < 1.29 is 32.4 Å². The molecule has 226 valence electrons. The number of carboxylic acids is 1. The van der Waals surface area contributed by atoms with Crippen molar-refractivity contribution in [2.45, 2.75) is 13.1 Å². The van der Waals surface area contributed by atoms with E-state index in [1.54, 1.807) is 39.5 Å². The number of hydrogen-bond acceptors (Lipinski definition) is 9. The quantitative estimate of drug-likeness (QED) is 0.320. The summed E-state index contributed by atoms with van der Waals surface area (Å²) in [5, 5.41) is 29.3. The van der Waals surface area contributed by atoms with Crippen LogP contribution in [-0.2, 0) is 11.8 Å². The number of pyridine rings is 2. The zero-order valence-electron chi connectivity index (χ0n) is 23.4. The zero-order valence-corrected chi connectivity index (χ0v) is 23.4. The van der Waals surface area contributed by atoms with Crippen LogP contribution in [0.5, 0.6) is 0 Å². The fraction of sp³-hybridized carbons (Fsp3) is 0.250. The first-order valence-corrected chi connectivity index (χ1v) is 13.1. The van der Waals surface area contributed by atoms with E-state index < -0.39 is 12.1 Å². The smallest absolute Gasteiger partial charge is 0.475 e. The number of halogens is 3. The van der Waals surface area contributed by atoms with Gasteiger partial charge in [-0.3, -0.25) is 9.48 Å². The highest BCUT2D eigenvalue weighted by Crippen LogP contribution is 2.32. The second-order valence-electron chi connectivity index (χ2n) is 9.82. The summed E-state index contributed by atoms with van der Waals surface area (Å²) in [5.74, 6) is -1.42. The van der Waals surface area contributed by atoms with Gasteiger partial charge < -0.3 is 19.4 Å². The van der Waals surface area contributed by atoms with Gasteiger partial charge in [-0.1, -0.05) is 5.16 Å². The number of aromatic nitrogens is 6. The number of fused-ring (bicyclic) bond motifs is 1. The molecule has 6 heterocycles. The molecule has 1 amide bonds. The van der Waals surface area contributed by atoms with Gasteiger partial charge in [-0.05, 0) is 25.1 Å². The molecular formula is C28H24F3N9O4. The molecule has 0 spiro atoms. The Balaban J connectivity index is 0.000000493. The molecular weight excluding hydrogens is 583 g/mol. The molecule has 0 unspecified atom stereocenters. The lowest BCUT2D eigenvalue weighted by Crippen LogP contribution is -2.49. The SMILES string of the molecule is Cc1cc(C(=O)N2CCN(c3ccc(-c4cc(-c5cnn(C)c5)cn5ncc(C#N)c45)cn3)CC2)no1.O=C(O)C(F)(F)F. The van der Waals surface area contributed by atoms with Crippen molar-refractivity contribution in [3.63, 3.8) is 0 Å². The molecule has 0 aromatic carbocycles. The number of carboxylic acid groups (broad SMARTS) is 1. The van der Waals surface area contributed by atoms with Gasteiger partial charge >= 0.3 is 12.1 Å². The Labute approximate surface area is 247 Å². The van der Waals surface area contributed by atoms with Gasteiger partial charge in [-0.2, -0.15) is 28.6 Å². The van der Waals surface area contributed by atoms with Crippen LogP contribution in [0.3, 0.4) is 0 Å². The van der Waals surface area contributed by atoms with Crippen molar-refractivity contribution in [1.29, 1.82) is 5.26 Å². The maximum atomic E-state index is 12.7. The summed E-state index contributed by atoms with van der Waals surface area (Å²) in [7, 11) is 1.87. The van der Waals surface area contributed by atoms with Crippen molar-refractivity contribution in [3.8, 4) is 28.3 Å². The standard InChI is InChI=1S/C26H23N9O2.C2HF3O2/c1-17-9-23(31-37-17)26(36)34-7-5-33(6-8-34)24-4-3-18(12-28-24)22-10-19(21-14-29-32(2)15-21)16-35-25(22)20(11-27)13-30-35;3-2(4,5)1(6)7/h3-4,9-10,12-16H,5-8H2,1-2H3;(H,6,7). The van der Waals surface area contributed by atoms with E-state index in [0.29, 0.717) is 43.2 Å². The molecule has 13 nitrogen and oxygen atoms in total. The van der Waals surface area contributed by atoms with Crippen LogP contribution < -0.4 is 4.90 Å². The molecule has 6 rings (SSSR count). The molecule has 44 heavy (non-hydrogen) atoms. The Morgan fingerprint density at radius 3 is 2.27 bits per heavy atom. The topological polar surface area (TPSA) is 159 Å². The van der Waals surface area contributed by atoms with Crippen LogP contribution in [-0.4, -0.2) is 83.8 Å². The highest BCUT2D eigenvalue weighted by Gasteiger charge is 2.38. The van der Waals surface area contributed by atoms with Crippen LogP contribution in [0.4, 0.5) is 19.0 Å². The molecule has 1 saturated heterocycles. The Morgan fingerprint density at radius 1 is 1.00 bits per heavy atom. The molecule has 0 bridgehead atoms. The van der Waals surface area contributed by atoms with Gasteiger partial charge in [0.25, 0.3) is 5.91 Å². The number of nitrogens with zero attached hydrogens (tertiary/aromatic N) is 9. The van der Waals surface area contributed by atoms with Gasteiger partial charge in [0.15, 0.2) is 5.69 Å². The number of amides is 1. The Morgan fingerprint density at radius 2 is 1.73 bits per heavy atom. The van der Waals surface area contributed by atoms with E-state index in [1.807, 2.05) is 43.8 Å². The van der Waals surface area contributed by atoms with E-state index in [9.17, 15) is 23.2 Å². The number of rotatable bonds is 4. The summed E-state index contributed by atoms with van der Waals surface area (Å²) >= 11 is 0. The molecule has 5 aromatic rings. The highest BCUT2D eigenvalue weighted by atomic mass is 19.4. The van der Waals surface area contributed by atoms with Crippen LogP contribution in [0.1, 0.15) is 21.8 Å². The van der Waals surface area contributed by atoms with E-state index >= 15 is 0 Å². The van der Waals surface area contributed by atoms with E-state index in [-0.39, 0.29) is 5.91 Å². The van der Waals surface area contributed by atoms with Crippen molar-refractivity contribution in [2.75, 3.05) is 31.1 Å². The minimum absolute atomic E-state index is 0.119. The molecule has 1 N–H and O–H groups in total. The summed E-state index contributed by atoms with van der Waals surface area (Å²) < 4.78 is 40.3. The third kappa shape index (κ3) is 6.21. The van der Waals surface area contributed by atoms with Gasteiger partial charge in [0.05, 0.1) is 23.5 Å². The predicted octanol–water partition coefficient (Wildman–Crippen LogP) is 3.56. The number of carbonyl (C=O) groups is 2. The van der Waals surface area contributed by atoms with Crippen LogP contribution >= 0.6 is 0 Å². The maximum absolute atomic E-state index is 12.7. The Bertz CT molecular complexity index is 1860. The number of anilines is 1. The minimum Gasteiger partial charge on any atom is -0.475 e. The van der Waals surface area contributed by atoms with E-state index in [4.69, 9.17) is 19.4 Å². The van der Waals surface area contributed by atoms with Gasteiger partial charge in [0.1, 0.15) is 17.6 Å². The number of piperazine rings is 1. The van der Waals surface area contributed by atoms with Gasteiger partial charge in [0, 0.05) is 80.1 Å². The van der Waals surface area contributed by atoms with Crippen molar-refractivity contribution in [2.24, 2.45) is 7.05 Å². The number of aryl methyl sites for hydroxylation is 2. The second-order valence-corrected chi connectivity index (χ2v) is 9.82. The summed E-state index contributed by atoms with van der Waals surface area (Å²) in [6, 6.07) is 9.93. The molecule has 0 atom stereocenters. The molecule has 5 aromatic heterocycles. The van der Waals surface area contributed by atoms with Crippen LogP contribution in [0, 0.1) is 18.3 Å². The second kappa shape index (κ2) is 11.9. The number of hydrogen-bond donors (Lipinski definition) is 1. The zero-order chi connectivity index (χ0) is 31.6. The van der Waals surface area contributed by atoms with Crippen molar-refractivity contribution in [1.82, 2.24) is 34.4 Å². The molecule has 0 radical (unpaired) electrons. The minimum atomic E-state index is -5.08. The highest BCUT2D eigenvalue weighted by molar-refractivity contribution is 5.92. The number of alkyl halides is 3. The fourth-order valence-electron chi connectivity index (χ4n) is 4.65. The van der Waals surface area contributed by atoms with Gasteiger partial charge in [-0.25, -0.2) is 14.3 Å². The lowest BCUT2D eigenvalue weighted by atomic mass is 10.0. The maximum Gasteiger partial charge on any atom is 0.490 e. The van der Waals surface area contributed by atoms with E-state index in [0.717, 1.165) is 33.6 Å². The summed E-state index contributed by atoms with van der Waals surface area (Å²) in [5.41, 5.74) is 5.22. The predicted molar refractivity (Wildman–Crippen MR) is 148 cm³/mol. The summed E-state index contributed by atoms with van der Waals surface area (Å²) in [4.78, 5) is 30.2. The van der Waals surface area contributed by atoms with Crippen LogP contribution in [0.2, 0.25) is 0 Å². The van der Waals surface area contributed by atoms with E-state index in [2.05, 4.69) is 26.3 Å². The fourth-order valence-corrected chi connectivity index (χ4v) is 4.65. The first kappa shape index (κ1) is 29.8. The summed E-state index contributed by atoms with van der Waals surface area (Å²) in [6.45, 7) is 4.24. The molecule has 1 aliphatic heterocycles. The molecule has 0 saturated carbocycles. The molecule has 1 aliphatic rings. The molecule has 1 fully saturated rings. The molecule has 0 aliphatic carbocycles. The third-order valence-electron chi connectivity index (χ3n) is 6.81. The lowest BCUT2D eigenvalue weighted by molar-refractivity contribution is -0.192. The Kier molecular flexibility index (Phi) is 8.03. The largest absolute Gasteiger partial charge is 0.490 e. The number of aliphatic carboxylic acids is 1. The van der Waals surface area contributed by atoms with E-state index in [1.165, 1.54) is 0 Å². The molecule has 16 heteroatoms. The first-order chi connectivity index (χ1) is 20.9.